The number of allylic oxidation sites excluding steroid dienone is 1. The summed E-state index contributed by atoms with van der Waals surface area (Å²) in [6.45, 7) is 3.58. The van der Waals surface area contributed by atoms with Crippen molar-refractivity contribution in [3.8, 4) is 17.2 Å². The Morgan fingerprint density at radius 2 is 2.00 bits per heavy atom. The highest BCUT2D eigenvalue weighted by molar-refractivity contribution is 7.07. The first-order valence-corrected chi connectivity index (χ1v) is 11.9. The number of aromatic hydroxyl groups is 1. The zero-order chi connectivity index (χ0) is 25.3. The number of halogens is 1. The Bertz CT molecular complexity index is 1520. The van der Waals surface area contributed by atoms with Gasteiger partial charge in [0.05, 0.1) is 36.6 Å². The Kier molecular flexibility index (Phi) is 7.00. The van der Waals surface area contributed by atoms with E-state index in [2.05, 4.69) is 4.99 Å². The summed E-state index contributed by atoms with van der Waals surface area (Å²) in [5.74, 6) is 0.413. The molecule has 3 aromatic rings. The highest BCUT2D eigenvalue weighted by atomic mass is 35.5. The van der Waals surface area contributed by atoms with Crippen LogP contribution in [0.15, 0.2) is 57.5 Å². The lowest BCUT2D eigenvalue weighted by atomic mass is 9.95. The number of aromatic nitrogens is 1. The molecule has 0 saturated heterocycles. The molecule has 0 radical (unpaired) electrons. The molecule has 0 amide bonds. The van der Waals surface area contributed by atoms with E-state index in [4.69, 9.17) is 25.8 Å². The van der Waals surface area contributed by atoms with Gasteiger partial charge in [0.1, 0.15) is 23.3 Å². The number of thiazole rings is 1. The maximum absolute atomic E-state index is 13.7. The minimum absolute atomic E-state index is 0.0167. The second-order valence-electron chi connectivity index (χ2n) is 7.61. The number of rotatable bonds is 6. The Morgan fingerprint density at radius 3 is 2.69 bits per heavy atom. The first-order valence-electron chi connectivity index (χ1n) is 10.7. The van der Waals surface area contributed by atoms with Crippen LogP contribution in [0.1, 0.15) is 31.0 Å². The number of hydrogen-bond acceptors (Lipinski definition) is 8. The van der Waals surface area contributed by atoms with Crippen LogP contribution in [-0.4, -0.2) is 36.5 Å². The molecule has 0 fully saturated rings. The van der Waals surface area contributed by atoms with Crippen molar-refractivity contribution in [2.75, 3.05) is 20.8 Å². The van der Waals surface area contributed by atoms with Crippen molar-refractivity contribution in [2.24, 2.45) is 4.99 Å². The van der Waals surface area contributed by atoms with Crippen LogP contribution in [0, 0.1) is 0 Å². The second-order valence-corrected chi connectivity index (χ2v) is 9.06. The Labute approximate surface area is 210 Å². The Balaban J connectivity index is 2.01. The fourth-order valence-electron chi connectivity index (χ4n) is 3.91. The van der Waals surface area contributed by atoms with Gasteiger partial charge in [-0.25, -0.2) is 9.79 Å². The van der Waals surface area contributed by atoms with Crippen LogP contribution in [0.2, 0.25) is 5.02 Å². The fraction of sp³-hybridized carbons (Fsp3) is 0.240. The average Bonchev–Trinajstić information content (AvgIpc) is 3.14. The lowest BCUT2D eigenvalue weighted by Gasteiger charge is -2.26. The van der Waals surface area contributed by atoms with E-state index < -0.39 is 12.0 Å². The zero-order valence-electron chi connectivity index (χ0n) is 19.5. The molecule has 0 saturated carbocycles. The average molecular weight is 515 g/mol. The number of phenolic OH excluding ortho intramolecular Hbond substituents is 1. The van der Waals surface area contributed by atoms with E-state index in [1.54, 1.807) is 50.3 Å². The number of carbonyl (C=O) groups is 1. The van der Waals surface area contributed by atoms with Crippen molar-refractivity contribution >= 4 is 35.0 Å². The van der Waals surface area contributed by atoms with Gasteiger partial charge in [0, 0.05) is 22.2 Å². The van der Waals surface area contributed by atoms with E-state index in [1.165, 1.54) is 24.9 Å². The quantitative estimate of drug-likeness (QED) is 0.507. The number of methoxy groups -OCH3 is 2. The van der Waals surface area contributed by atoms with Gasteiger partial charge in [-0.1, -0.05) is 22.9 Å². The predicted molar refractivity (Wildman–Crippen MR) is 133 cm³/mol. The van der Waals surface area contributed by atoms with Gasteiger partial charge in [0.15, 0.2) is 4.80 Å². The van der Waals surface area contributed by atoms with Crippen molar-refractivity contribution in [1.82, 2.24) is 4.57 Å². The minimum atomic E-state index is -0.846. The first-order chi connectivity index (χ1) is 16.8. The van der Waals surface area contributed by atoms with Crippen LogP contribution in [0.5, 0.6) is 17.2 Å². The monoisotopic (exact) mass is 514 g/mol. The number of fused-ring (bicyclic) bond motifs is 1. The number of hydrogen-bond donors (Lipinski definition) is 1. The molecule has 1 aliphatic heterocycles. The molecule has 182 valence electrons. The highest BCUT2D eigenvalue weighted by Crippen LogP contribution is 2.37. The van der Waals surface area contributed by atoms with Gasteiger partial charge in [0.25, 0.3) is 5.56 Å². The van der Waals surface area contributed by atoms with Crippen molar-refractivity contribution in [2.45, 2.75) is 19.9 Å². The molecule has 1 atom stereocenters. The predicted octanol–water partition coefficient (Wildman–Crippen LogP) is 3.17. The molecule has 0 aliphatic carbocycles. The molecule has 1 N–H and O–H groups in total. The van der Waals surface area contributed by atoms with E-state index in [-0.39, 0.29) is 23.5 Å². The molecule has 0 bridgehead atoms. The topological polar surface area (TPSA) is 99.4 Å². The first kappa shape index (κ1) is 24.6. The van der Waals surface area contributed by atoms with Gasteiger partial charge in [-0.05, 0) is 50.3 Å². The summed E-state index contributed by atoms with van der Waals surface area (Å²) >= 11 is 7.22. The zero-order valence-corrected chi connectivity index (χ0v) is 21.1. The summed E-state index contributed by atoms with van der Waals surface area (Å²) in [6, 6.07) is 8.90. The van der Waals surface area contributed by atoms with E-state index >= 15 is 0 Å². The molecule has 10 heteroatoms. The van der Waals surface area contributed by atoms with Gasteiger partial charge < -0.3 is 19.3 Å². The maximum Gasteiger partial charge on any atom is 0.338 e. The van der Waals surface area contributed by atoms with Crippen molar-refractivity contribution in [3.63, 3.8) is 0 Å². The minimum Gasteiger partial charge on any atom is -0.507 e. The van der Waals surface area contributed by atoms with E-state index in [1.807, 2.05) is 0 Å². The lowest BCUT2D eigenvalue weighted by molar-refractivity contribution is -0.139. The van der Waals surface area contributed by atoms with Gasteiger partial charge >= 0.3 is 5.97 Å². The van der Waals surface area contributed by atoms with Crippen LogP contribution < -0.4 is 24.4 Å². The number of carbonyl (C=O) groups excluding carboxylic acids is 1. The summed E-state index contributed by atoms with van der Waals surface area (Å²) in [5, 5.41) is 10.7. The molecule has 8 nitrogen and oxygen atoms in total. The van der Waals surface area contributed by atoms with Gasteiger partial charge in [-0.3, -0.25) is 9.36 Å². The molecule has 1 aromatic heterocycles. The summed E-state index contributed by atoms with van der Waals surface area (Å²) in [6.07, 6.45) is 1.55. The number of nitrogens with zero attached hydrogens (tertiary/aromatic N) is 2. The van der Waals surface area contributed by atoms with Gasteiger partial charge in [-0.2, -0.15) is 0 Å². The normalized spacial score (nSPS) is 15.5. The molecule has 4 rings (SSSR count). The number of phenols is 1. The van der Waals surface area contributed by atoms with E-state index in [9.17, 15) is 14.7 Å². The lowest BCUT2D eigenvalue weighted by Crippen LogP contribution is -2.40. The second kappa shape index (κ2) is 9.97. The standard InChI is InChI=1S/C25H23ClN2O6S/c1-5-34-24(31)21-13(2)27-25-28(22(21)17-8-7-16(32-3)12-19(17)33-4)23(30)20(35-25)11-14-10-15(26)6-9-18(14)29/h6-12,22,29H,5H2,1-4H3/b20-11-/t22-/m0/s1. The summed E-state index contributed by atoms with van der Waals surface area (Å²) < 4.78 is 18.0. The highest BCUT2D eigenvalue weighted by Gasteiger charge is 2.35. The number of ether oxygens (including phenoxy) is 3. The molecule has 2 aromatic carbocycles. The number of esters is 1. The number of benzene rings is 2. The van der Waals surface area contributed by atoms with Crippen LogP contribution >= 0.6 is 22.9 Å². The molecular formula is C25H23ClN2O6S. The summed E-state index contributed by atoms with van der Waals surface area (Å²) in [5.41, 5.74) is 1.25. The third-order valence-electron chi connectivity index (χ3n) is 5.53. The summed E-state index contributed by atoms with van der Waals surface area (Å²) in [7, 11) is 3.04. The fourth-order valence-corrected chi connectivity index (χ4v) is 5.13. The maximum atomic E-state index is 13.7. The van der Waals surface area contributed by atoms with Crippen molar-refractivity contribution in [3.05, 3.63) is 83.5 Å². The van der Waals surface area contributed by atoms with Crippen LogP contribution in [0.3, 0.4) is 0 Å². The molecule has 35 heavy (non-hydrogen) atoms. The molecular weight excluding hydrogens is 492 g/mol. The van der Waals surface area contributed by atoms with E-state index in [0.29, 0.717) is 42.7 Å². The molecule has 0 spiro atoms. The van der Waals surface area contributed by atoms with Crippen LogP contribution in [0.4, 0.5) is 0 Å². The summed E-state index contributed by atoms with van der Waals surface area (Å²) in [4.78, 5) is 31.7. The van der Waals surface area contributed by atoms with Crippen LogP contribution in [0.25, 0.3) is 6.08 Å². The van der Waals surface area contributed by atoms with Crippen molar-refractivity contribution in [1.29, 1.82) is 0 Å². The van der Waals surface area contributed by atoms with Gasteiger partial charge in [-0.15, -0.1) is 0 Å². The third-order valence-corrected chi connectivity index (χ3v) is 6.75. The smallest absolute Gasteiger partial charge is 0.338 e. The van der Waals surface area contributed by atoms with E-state index in [0.717, 1.165) is 11.3 Å². The molecule has 0 unspecified atom stereocenters. The molecule has 2 heterocycles. The third kappa shape index (κ3) is 4.56. The van der Waals surface area contributed by atoms with Crippen molar-refractivity contribution < 1.29 is 24.1 Å². The molecule has 1 aliphatic rings. The Morgan fingerprint density at radius 1 is 1.23 bits per heavy atom. The Hall–Kier alpha value is -3.56. The van der Waals surface area contributed by atoms with Crippen LogP contribution in [-0.2, 0) is 9.53 Å². The van der Waals surface area contributed by atoms with Gasteiger partial charge in [0.2, 0.25) is 0 Å². The largest absolute Gasteiger partial charge is 0.507 e. The SMILES string of the molecule is CCOC(=O)C1=C(C)N=c2s/c(=C\c3cc(Cl)ccc3O)c(=O)n2[C@H]1c1ccc(OC)cc1OC.